The molecule has 0 amide bonds. The zero-order valence-electron chi connectivity index (χ0n) is 10.4. The number of fused-ring (bicyclic) bond motifs is 1. The Hall–Kier alpha value is -1.77. The van der Waals surface area contributed by atoms with Gasteiger partial charge in [-0.1, -0.05) is 6.07 Å². The maximum Gasteiger partial charge on any atom is 0.134 e. The van der Waals surface area contributed by atoms with E-state index >= 15 is 0 Å². The molecular weight excluding hydrogens is 214 g/mol. The van der Waals surface area contributed by atoms with Gasteiger partial charge in [-0.3, -0.25) is 4.79 Å². The van der Waals surface area contributed by atoms with Crippen LogP contribution in [-0.4, -0.2) is 15.5 Å². The van der Waals surface area contributed by atoms with Crippen LogP contribution in [0, 0.1) is 0 Å². The minimum Gasteiger partial charge on any atom is -0.507 e. The normalized spacial score (nSPS) is 11.3. The summed E-state index contributed by atoms with van der Waals surface area (Å²) in [6.45, 7) is 5.74. The van der Waals surface area contributed by atoms with Crippen molar-refractivity contribution >= 4 is 16.7 Å². The fraction of sp³-hybridized carbons (Fsp3) is 0.357. The highest BCUT2D eigenvalue weighted by Crippen LogP contribution is 2.31. The smallest absolute Gasteiger partial charge is 0.134 e. The van der Waals surface area contributed by atoms with Crippen molar-refractivity contribution in [3.8, 4) is 5.75 Å². The highest BCUT2D eigenvalue weighted by Gasteiger charge is 2.14. The number of ketones is 1. The van der Waals surface area contributed by atoms with Gasteiger partial charge in [0.2, 0.25) is 0 Å². The molecule has 17 heavy (non-hydrogen) atoms. The third kappa shape index (κ3) is 2.05. The van der Waals surface area contributed by atoms with Gasteiger partial charge in [0.1, 0.15) is 11.5 Å². The summed E-state index contributed by atoms with van der Waals surface area (Å²) in [5, 5.41) is 10.7. The molecule has 0 radical (unpaired) electrons. The van der Waals surface area contributed by atoms with Crippen molar-refractivity contribution in [1.29, 1.82) is 0 Å². The SMILES string of the molecule is CC(=O)Cc1cn(C(C)C)c2cccc(O)c12. The number of carbonyl (C=O) groups excluding carboxylic acids is 1. The number of carbonyl (C=O) groups is 1. The van der Waals surface area contributed by atoms with Crippen molar-refractivity contribution in [3.63, 3.8) is 0 Å². The van der Waals surface area contributed by atoms with Crippen molar-refractivity contribution in [2.75, 3.05) is 0 Å². The summed E-state index contributed by atoms with van der Waals surface area (Å²) < 4.78 is 2.09. The number of nitrogens with zero attached hydrogens (tertiary/aromatic N) is 1. The Kier molecular flexibility index (Phi) is 2.92. The van der Waals surface area contributed by atoms with Crippen LogP contribution < -0.4 is 0 Å². The standard InChI is InChI=1S/C14H17NO2/c1-9(2)15-8-11(7-10(3)16)14-12(15)5-4-6-13(14)17/h4-6,8-9,17H,7H2,1-3H3. The molecule has 1 aromatic heterocycles. The second-order valence-corrected chi connectivity index (χ2v) is 4.71. The first kappa shape index (κ1) is 11.7. The largest absolute Gasteiger partial charge is 0.507 e. The minimum absolute atomic E-state index is 0.107. The molecule has 0 aliphatic carbocycles. The van der Waals surface area contributed by atoms with Crippen LogP contribution in [0.25, 0.3) is 10.9 Å². The molecule has 0 saturated carbocycles. The van der Waals surface area contributed by atoms with Gasteiger partial charge in [0.05, 0.1) is 5.52 Å². The van der Waals surface area contributed by atoms with Gasteiger partial charge in [-0.25, -0.2) is 0 Å². The molecule has 0 unspecified atom stereocenters. The number of aromatic nitrogens is 1. The molecule has 1 N–H and O–H groups in total. The molecule has 2 aromatic rings. The van der Waals surface area contributed by atoms with Gasteiger partial charge >= 0.3 is 0 Å². The average Bonchev–Trinajstić information content (AvgIpc) is 2.57. The van der Waals surface area contributed by atoms with Gasteiger partial charge in [-0.2, -0.15) is 0 Å². The van der Waals surface area contributed by atoms with E-state index in [4.69, 9.17) is 0 Å². The second-order valence-electron chi connectivity index (χ2n) is 4.71. The number of hydrogen-bond acceptors (Lipinski definition) is 2. The van der Waals surface area contributed by atoms with Gasteiger partial charge in [0.15, 0.2) is 0 Å². The highest BCUT2D eigenvalue weighted by atomic mass is 16.3. The Balaban J connectivity index is 2.71. The van der Waals surface area contributed by atoms with E-state index in [0.29, 0.717) is 12.5 Å². The summed E-state index contributed by atoms with van der Waals surface area (Å²) in [7, 11) is 0. The summed E-state index contributed by atoms with van der Waals surface area (Å²) in [6, 6.07) is 5.77. The number of aromatic hydroxyl groups is 1. The van der Waals surface area contributed by atoms with Crippen molar-refractivity contribution in [2.24, 2.45) is 0 Å². The summed E-state index contributed by atoms with van der Waals surface area (Å²) in [5.41, 5.74) is 1.88. The quantitative estimate of drug-likeness (QED) is 0.882. The van der Waals surface area contributed by atoms with Crippen LogP contribution in [-0.2, 0) is 11.2 Å². The molecule has 0 saturated heterocycles. The third-order valence-electron chi connectivity index (χ3n) is 2.91. The fourth-order valence-electron chi connectivity index (χ4n) is 2.20. The topological polar surface area (TPSA) is 42.2 Å². The second kappa shape index (κ2) is 4.24. The van der Waals surface area contributed by atoms with Crippen LogP contribution >= 0.6 is 0 Å². The Morgan fingerprint density at radius 3 is 2.71 bits per heavy atom. The molecule has 0 atom stereocenters. The number of benzene rings is 1. The van der Waals surface area contributed by atoms with Crippen molar-refractivity contribution < 1.29 is 9.90 Å². The molecule has 3 heteroatoms. The van der Waals surface area contributed by atoms with Crippen LogP contribution in [0.4, 0.5) is 0 Å². The Morgan fingerprint density at radius 1 is 1.41 bits per heavy atom. The number of Topliss-reactive ketones (excluding diaryl/α,β-unsaturated/α-hetero) is 1. The van der Waals surface area contributed by atoms with Gasteiger partial charge in [0, 0.05) is 24.0 Å². The van der Waals surface area contributed by atoms with Gasteiger partial charge < -0.3 is 9.67 Å². The monoisotopic (exact) mass is 231 g/mol. The van der Waals surface area contributed by atoms with E-state index in [1.165, 1.54) is 0 Å². The maximum absolute atomic E-state index is 11.3. The summed E-state index contributed by atoms with van der Waals surface area (Å²) >= 11 is 0. The molecule has 2 rings (SSSR count). The van der Waals surface area contributed by atoms with Gasteiger partial charge in [-0.15, -0.1) is 0 Å². The molecule has 0 fully saturated rings. The van der Waals surface area contributed by atoms with Crippen LogP contribution in [0.2, 0.25) is 0 Å². The molecular formula is C14H17NO2. The zero-order valence-corrected chi connectivity index (χ0v) is 10.4. The number of phenols is 1. The molecule has 1 heterocycles. The molecule has 0 spiro atoms. The van der Waals surface area contributed by atoms with Crippen LogP contribution in [0.15, 0.2) is 24.4 Å². The van der Waals surface area contributed by atoms with Crippen molar-refractivity contribution in [3.05, 3.63) is 30.0 Å². The van der Waals surface area contributed by atoms with E-state index < -0.39 is 0 Å². The van der Waals surface area contributed by atoms with Crippen molar-refractivity contribution in [2.45, 2.75) is 33.2 Å². The zero-order chi connectivity index (χ0) is 12.6. The van der Waals surface area contributed by atoms with E-state index in [-0.39, 0.29) is 11.5 Å². The lowest BCUT2D eigenvalue weighted by Gasteiger charge is -2.08. The lowest BCUT2D eigenvalue weighted by molar-refractivity contribution is -0.116. The summed E-state index contributed by atoms with van der Waals surface area (Å²) in [5.74, 6) is 0.356. The van der Waals surface area contributed by atoms with Crippen LogP contribution in [0.1, 0.15) is 32.4 Å². The lowest BCUT2D eigenvalue weighted by Crippen LogP contribution is -1.98. The molecule has 0 bridgehead atoms. The Bertz CT molecular complexity index is 567. The molecule has 0 aliphatic rings. The first-order valence-electron chi connectivity index (χ1n) is 5.81. The molecule has 1 aromatic carbocycles. The van der Waals surface area contributed by atoms with E-state index in [1.54, 1.807) is 13.0 Å². The van der Waals surface area contributed by atoms with Crippen molar-refractivity contribution in [1.82, 2.24) is 4.57 Å². The molecule has 3 nitrogen and oxygen atoms in total. The van der Waals surface area contributed by atoms with E-state index in [2.05, 4.69) is 18.4 Å². The molecule has 0 aliphatic heterocycles. The predicted molar refractivity (Wildman–Crippen MR) is 68.4 cm³/mol. The summed E-state index contributed by atoms with van der Waals surface area (Å²) in [6.07, 6.45) is 2.34. The Labute approximate surface area is 101 Å². The average molecular weight is 231 g/mol. The first-order chi connectivity index (χ1) is 8.00. The summed E-state index contributed by atoms with van der Waals surface area (Å²) in [4.78, 5) is 11.3. The number of rotatable bonds is 3. The molecule has 90 valence electrons. The van der Waals surface area contributed by atoms with Crippen LogP contribution in [0.5, 0.6) is 5.75 Å². The number of phenolic OH excluding ortho intramolecular Hbond substituents is 1. The van der Waals surface area contributed by atoms with E-state index in [0.717, 1.165) is 16.5 Å². The number of hydrogen-bond donors (Lipinski definition) is 1. The fourth-order valence-corrected chi connectivity index (χ4v) is 2.20. The first-order valence-corrected chi connectivity index (χ1v) is 5.81. The third-order valence-corrected chi connectivity index (χ3v) is 2.91. The van der Waals surface area contributed by atoms with E-state index in [1.807, 2.05) is 18.3 Å². The van der Waals surface area contributed by atoms with Gasteiger partial charge in [0.25, 0.3) is 0 Å². The van der Waals surface area contributed by atoms with Gasteiger partial charge in [-0.05, 0) is 38.5 Å². The van der Waals surface area contributed by atoms with Crippen LogP contribution in [0.3, 0.4) is 0 Å². The Morgan fingerprint density at radius 2 is 2.12 bits per heavy atom. The maximum atomic E-state index is 11.3. The lowest BCUT2D eigenvalue weighted by atomic mass is 10.1. The highest BCUT2D eigenvalue weighted by molar-refractivity contribution is 5.93. The van der Waals surface area contributed by atoms with E-state index in [9.17, 15) is 9.90 Å². The minimum atomic E-state index is 0.107. The predicted octanol–water partition coefficient (Wildman–Crippen LogP) is 3.06.